The number of oxime groups is 1. The van der Waals surface area contributed by atoms with Crippen LogP contribution in [0.2, 0.25) is 0 Å². The first-order valence-corrected chi connectivity index (χ1v) is 2.68. The molecular weight excluding hydrogens is 118 g/mol. The number of carbonyl (C=O) groups excluding carboxylic acids is 1. The van der Waals surface area contributed by atoms with E-state index in [2.05, 4.69) is 5.16 Å². The van der Waals surface area contributed by atoms with Crippen LogP contribution in [0.4, 0.5) is 0 Å². The highest BCUT2D eigenvalue weighted by molar-refractivity contribution is 5.96. The molecule has 50 valence electrons. The van der Waals surface area contributed by atoms with Crippen molar-refractivity contribution in [3.05, 3.63) is 12.2 Å². The minimum absolute atomic E-state index is 0.502. The van der Waals surface area contributed by atoms with Gasteiger partial charge in [-0.15, -0.1) is 0 Å². The Labute approximate surface area is 53.7 Å². The SMILES string of the molecule is CCC(/C=C/C=O)=N\O. The molecular formula is C6H9NO2. The Kier molecular flexibility index (Phi) is 4.40. The second-order valence-corrected chi connectivity index (χ2v) is 1.44. The third-order valence-electron chi connectivity index (χ3n) is 0.858. The Morgan fingerprint density at radius 3 is 2.78 bits per heavy atom. The maximum atomic E-state index is 9.72. The van der Waals surface area contributed by atoms with Gasteiger partial charge in [-0.05, 0) is 18.6 Å². The van der Waals surface area contributed by atoms with Crippen LogP contribution in [-0.4, -0.2) is 17.2 Å². The third-order valence-corrected chi connectivity index (χ3v) is 0.858. The van der Waals surface area contributed by atoms with Crippen LogP contribution in [-0.2, 0) is 4.79 Å². The Morgan fingerprint density at radius 2 is 2.44 bits per heavy atom. The molecule has 0 saturated heterocycles. The standard InChI is InChI=1S/C6H9NO2/c1-2-6(7-9)4-3-5-8/h3-5,9H,2H2,1H3/b4-3+,7-6+. The highest BCUT2D eigenvalue weighted by atomic mass is 16.4. The number of carbonyl (C=O) groups is 1. The Balaban J connectivity index is 3.84. The Hall–Kier alpha value is -1.12. The summed E-state index contributed by atoms with van der Waals surface area (Å²) in [6.45, 7) is 1.84. The molecule has 3 heteroatoms. The highest BCUT2D eigenvalue weighted by Crippen LogP contribution is 1.85. The van der Waals surface area contributed by atoms with Gasteiger partial charge in [0.05, 0.1) is 5.71 Å². The molecule has 0 rings (SSSR count). The van der Waals surface area contributed by atoms with E-state index >= 15 is 0 Å². The summed E-state index contributed by atoms with van der Waals surface area (Å²) in [6.07, 6.45) is 4.02. The van der Waals surface area contributed by atoms with Gasteiger partial charge in [-0.1, -0.05) is 12.1 Å². The van der Waals surface area contributed by atoms with Crippen molar-refractivity contribution in [2.75, 3.05) is 0 Å². The van der Waals surface area contributed by atoms with Crippen molar-refractivity contribution in [2.45, 2.75) is 13.3 Å². The van der Waals surface area contributed by atoms with Crippen molar-refractivity contribution in [1.82, 2.24) is 0 Å². The van der Waals surface area contributed by atoms with Crippen molar-refractivity contribution in [1.29, 1.82) is 0 Å². The van der Waals surface area contributed by atoms with Crippen LogP contribution in [0, 0.1) is 0 Å². The first kappa shape index (κ1) is 7.88. The number of nitrogens with zero attached hydrogens (tertiary/aromatic N) is 1. The zero-order valence-corrected chi connectivity index (χ0v) is 5.24. The van der Waals surface area contributed by atoms with Crippen LogP contribution in [0.3, 0.4) is 0 Å². The molecule has 1 N–H and O–H groups in total. The minimum Gasteiger partial charge on any atom is -0.411 e. The lowest BCUT2D eigenvalue weighted by atomic mass is 10.3. The topological polar surface area (TPSA) is 49.7 Å². The third kappa shape index (κ3) is 3.46. The molecule has 3 nitrogen and oxygen atoms in total. The number of hydrogen-bond acceptors (Lipinski definition) is 3. The van der Waals surface area contributed by atoms with Crippen molar-refractivity contribution < 1.29 is 10.0 Å². The van der Waals surface area contributed by atoms with Gasteiger partial charge in [-0.2, -0.15) is 0 Å². The van der Waals surface area contributed by atoms with Gasteiger partial charge in [0.1, 0.15) is 6.29 Å². The van der Waals surface area contributed by atoms with Crippen molar-refractivity contribution in [3.8, 4) is 0 Å². The van der Waals surface area contributed by atoms with Crippen LogP contribution >= 0.6 is 0 Å². The second kappa shape index (κ2) is 5.03. The lowest BCUT2D eigenvalue weighted by Crippen LogP contribution is -1.88. The molecule has 0 atom stereocenters. The maximum absolute atomic E-state index is 9.72. The first-order chi connectivity index (χ1) is 4.35. The van der Waals surface area contributed by atoms with Crippen molar-refractivity contribution in [2.24, 2.45) is 5.16 Å². The fourth-order valence-corrected chi connectivity index (χ4v) is 0.372. The predicted molar refractivity (Wildman–Crippen MR) is 34.7 cm³/mol. The van der Waals surface area contributed by atoms with E-state index in [0.717, 1.165) is 0 Å². The minimum atomic E-state index is 0.502. The Bertz CT molecular complexity index is 138. The number of aldehydes is 1. The average molecular weight is 127 g/mol. The van der Waals surface area contributed by atoms with Crippen LogP contribution in [0.1, 0.15) is 13.3 Å². The quantitative estimate of drug-likeness (QED) is 0.202. The summed E-state index contributed by atoms with van der Waals surface area (Å²) < 4.78 is 0. The molecule has 0 aromatic heterocycles. The molecule has 0 amide bonds. The molecule has 0 unspecified atom stereocenters. The fraction of sp³-hybridized carbons (Fsp3) is 0.333. The van der Waals surface area contributed by atoms with Gasteiger partial charge in [-0.25, -0.2) is 0 Å². The molecule has 0 bridgehead atoms. The zero-order valence-electron chi connectivity index (χ0n) is 5.24. The molecule has 0 aromatic rings. The van der Waals surface area contributed by atoms with Crippen molar-refractivity contribution >= 4 is 12.0 Å². The summed E-state index contributed by atoms with van der Waals surface area (Å²) in [7, 11) is 0. The number of allylic oxidation sites excluding steroid dienone is 2. The summed E-state index contributed by atoms with van der Waals surface area (Å²) >= 11 is 0. The van der Waals surface area contributed by atoms with Gasteiger partial charge < -0.3 is 5.21 Å². The monoisotopic (exact) mass is 127 g/mol. The summed E-state index contributed by atoms with van der Waals surface area (Å²) in [4.78, 5) is 9.72. The maximum Gasteiger partial charge on any atom is 0.142 e. The molecule has 0 spiro atoms. The van der Waals surface area contributed by atoms with Crippen molar-refractivity contribution in [3.63, 3.8) is 0 Å². The summed E-state index contributed by atoms with van der Waals surface area (Å²) in [5, 5.41) is 11.1. The summed E-state index contributed by atoms with van der Waals surface area (Å²) in [5.41, 5.74) is 0.502. The highest BCUT2D eigenvalue weighted by Gasteiger charge is 1.85. The van der Waals surface area contributed by atoms with E-state index in [1.165, 1.54) is 12.2 Å². The van der Waals surface area contributed by atoms with Crippen LogP contribution in [0.15, 0.2) is 17.3 Å². The lowest BCUT2D eigenvalue weighted by Gasteiger charge is -1.86. The molecule has 0 aromatic carbocycles. The fourth-order valence-electron chi connectivity index (χ4n) is 0.372. The van der Waals surface area contributed by atoms with Gasteiger partial charge in [-0.3, -0.25) is 4.79 Å². The molecule has 0 fully saturated rings. The molecule has 0 radical (unpaired) electrons. The first-order valence-electron chi connectivity index (χ1n) is 2.68. The average Bonchev–Trinajstić information content (AvgIpc) is 1.91. The molecule has 9 heavy (non-hydrogen) atoms. The van der Waals surface area contributed by atoms with Crippen LogP contribution < -0.4 is 0 Å². The van der Waals surface area contributed by atoms with Gasteiger partial charge in [0.25, 0.3) is 0 Å². The molecule has 0 aliphatic carbocycles. The van der Waals surface area contributed by atoms with Gasteiger partial charge in [0, 0.05) is 0 Å². The smallest absolute Gasteiger partial charge is 0.142 e. The van der Waals surface area contributed by atoms with Gasteiger partial charge in [0.2, 0.25) is 0 Å². The molecule has 0 saturated carbocycles. The van der Waals surface area contributed by atoms with E-state index in [1.807, 2.05) is 6.92 Å². The van der Waals surface area contributed by atoms with E-state index in [9.17, 15) is 4.79 Å². The largest absolute Gasteiger partial charge is 0.411 e. The van der Waals surface area contributed by atoms with Crippen LogP contribution in [0.5, 0.6) is 0 Å². The zero-order chi connectivity index (χ0) is 7.11. The predicted octanol–water partition coefficient (Wildman–Crippen LogP) is 0.982. The number of hydrogen-bond donors (Lipinski definition) is 1. The van der Waals surface area contributed by atoms with Gasteiger partial charge in [0.15, 0.2) is 0 Å². The molecule has 0 aliphatic rings. The van der Waals surface area contributed by atoms with E-state index < -0.39 is 0 Å². The Morgan fingerprint density at radius 1 is 1.78 bits per heavy atom. The van der Waals surface area contributed by atoms with E-state index in [4.69, 9.17) is 5.21 Å². The summed E-state index contributed by atoms with van der Waals surface area (Å²) in [5.74, 6) is 0. The molecule has 0 heterocycles. The molecule has 0 aliphatic heterocycles. The second-order valence-electron chi connectivity index (χ2n) is 1.44. The lowest BCUT2D eigenvalue weighted by molar-refractivity contribution is -0.104. The van der Waals surface area contributed by atoms with Gasteiger partial charge >= 0.3 is 0 Å². The van der Waals surface area contributed by atoms with E-state index in [-0.39, 0.29) is 0 Å². The van der Waals surface area contributed by atoms with E-state index in [0.29, 0.717) is 18.4 Å². The van der Waals surface area contributed by atoms with Crippen LogP contribution in [0.25, 0.3) is 0 Å². The van der Waals surface area contributed by atoms with E-state index in [1.54, 1.807) is 0 Å². The summed E-state index contributed by atoms with van der Waals surface area (Å²) in [6, 6.07) is 0. The normalized spacial score (nSPS) is 12.3. The number of rotatable bonds is 3.